The minimum atomic E-state index is -5.23. The number of rotatable bonds is 2. The first kappa shape index (κ1) is 30.0. The van der Waals surface area contributed by atoms with E-state index in [1.54, 1.807) is 0 Å². The Morgan fingerprint density at radius 3 is 2.09 bits per heavy atom. The van der Waals surface area contributed by atoms with Crippen LogP contribution < -0.4 is 4.90 Å². The van der Waals surface area contributed by atoms with Crippen LogP contribution in [0.15, 0.2) is 69.8 Å². The maximum absolute atomic E-state index is 14.5. The van der Waals surface area contributed by atoms with Gasteiger partial charge in [-0.05, 0) is 70.6 Å². The van der Waals surface area contributed by atoms with Crippen molar-refractivity contribution in [3.8, 4) is 5.75 Å². The number of amides is 2. The lowest BCUT2D eigenvalue weighted by atomic mass is 9.59. The van der Waals surface area contributed by atoms with Crippen LogP contribution >= 0.6 is 15.9 Å². The number of phenols is 1. The van der Waals surface area contributed by atoms with Crippen molar-refractivity contribution in [1.82, 2.24) is 0 Å². The molecule has 1 N–H and O–H groups in total. The topological polar surface area (TPSA) is 91.8 Å². The molecule has 228 valence electrons. The third-order valence-electron chi connectivity index (χ3n) is 8.47. The number of phenolic OH excluding ortho intramolecular Hbond substituents is 1. The van der Waals surface area contributed by atoms with E-state index in [0.29, 0.717) is 22.6 Å². The second kappa shape index (κ2) is 9.98. The highest BCUT2D eigenvalue weighted by atomic mass is 79.9. The highest BCUT2D eigenvalue weighted by molar-refractivity contribution is 9.12. The first-order valence-corrected chi connectivity index (χ1v) is 13.8. The number of aromatic hydroxyl groups is 1. The molecule has 1 fully saturated rings. The van der Waals surface area contributed by atoms with Gasteiger partial charge in [0.05, 0.1) is 33.1 Å². The number of Topliss-reactive ketones (excluding diaryl/α,β-unsaturated/α-hetero) is 1. The van der Waals surface area contributed by atoms with Crippen molar-refractivity contribution in [2.75, 3.05) is 4.90 Å². The van der Waals surface area contributed by atoms with Crippen LogP contribution in [0.1, 0.15) is 35.4 Å². The molecule has 4 aliphatic rings. The molecule has 2 amide bonds. The summed E-state index contributed by atoms with van der Waals surface area (Å²) in [7, 11) is 0. The minimum Gasteiger partial charge on any atom is -0.505 e. The summed E-state index contributed by atoms with van der Waals surface area (Å²) in [5.74, 6) is -9.55. The zero-order chi connectivity index (χ0) is 32.0. The average Bonchev–Trinajstić information content (AvgIpc) is 3.20. The van der Waals surface area contributed by atoms with E-state index in [0.717, 1.165) is 18.2 Å². The molecule has 1 heterocycles. The van der Waals surface area contributed by atoms with Crippen LogP contribution in [0.2, 0.25) is 0 Å². The van der Waals surface area contributed by atoms with Crippen LogP contribution in [0.3, 0.4) is 0 Å². The molecule has 2 aromatic rings. The molecule has 6 rings (SSSR count). The predicted octanol–water partition coefficient (Wildman–Crippen LogP) is 6.54. The summed E-state index contributed by atoms with van der Waals surface area (Å²) in [4.78, 5) is 54.1. The summed E-state index contributed by atoms with van der Waals surface area (Å²) in [6.07, 6.45) is -8.26. The van der Waals surface area contributed by atoms with E-state index in [-0.39, 0.29) is 40.1 Å². The molecule has 0 radical (unpaired) electrons. The number of alkyl halides is 6. The van der Waals surface area contributed by atoms with Gasteiger partial charge in [-0.1, -0.05) is 17.7 Å². The molecule has 6 nitrogen and oxygen atoms in total. The van der Waals surface area contributed by atoms with E-state index in [1.807, 2.05) is 0 Å². The van der Waals surface area contributed by atoms with Crippen molar-refractivity contribution in [3.63, 3.8) is 0 Å². The summed E-state index contributed by atoms with van der Waals surface area (Å²) in [5.41, 5.74) is -3.82. The van der Waals surface area contributed by atoms with Gasteiger partial charge in [-0.3, -0.25) is 19.2 Å². The first-order chi connectivity index (χ1) is 20.5. The van der Waals surface area contributed by atoms with Gasteiger partial charge in [0.2, 0.25) is 11.8 Å². The first-order valence-electron chi connectivity index (χ1n) is 13.0. The van der Waals surface area contributed by atoms with Gasteiger partial charge in [-0.25, -0.2) is 9.29 Å². The fourth-order valence-corrected chi connectivity index (χ4v) is 7.06. The number of fused-ring (bicyclic) bond motifs is 3. The van der Waals surface area contributed by atoms with Gasteiger partial charge in [0.1, 0.15) is 0 Å². The molecule has 0 aromatic heterocycles. The predicted molar refractivity (Wildman–Crippen MR) is 142 cm³/mol. The number of hydrogen-bond acceptors (Lipinski definition) is 5. The van der Waals surface area contributed by atoms with Crippen molar-refractivity contribution < 1.29 is 55.0 Å². The Morgan fingerprint density at radius 2 is 1.50 bits per heavy atom. The standard InChI is InChI=1S/C30H17BrF7NO5/c31-19-10-22(41)25-18(26(19)42)9-17-15(23(25)11-1-4-21(40)20(32)5-11)2-3-16-24(17)28(44)39(27(16)43)14-7-12(29(33,34)35)6-13(8-14)30(36,37)38/h1-2,4-8,10,16-17,23-24,40H,3,9H2. The molecule has 0 bridgehead atoms. The third kappa shape index (κ3) is 4.61. The van der Waals surface area contributed by atoms with Gasteiger partial charge in [-0.2, -0.15) is 26.3 Å². The molecular formula is C30H17BrF7NO5. The van der Waals surface area contributed by atoms with Gasteiger partial charge < -0.3 is 5.11 Å². The van der Waals surface area contributed by atoms with Crippen LogP contribution in [0.25, 0.3) is 0 Å². The fourth-order valence-electron chi connectivity index (χ4n) is 6.61. The molecule has 1 aliphatic heterocycles. The third-order valence-corrected chi connectivity index (χ3v) is 9.06. The number of hydrogen-bond donors (Lipinski definition) is 1. The SMILES string of the molecule is O=C1C=C(Br)C(=O)C2=C1C(c1ccc(O)c(F)c1)C1=CCC3C(=O)N(c4cc(C(F)(F)F)cc(C(F)(F)F)c4)C(=O)C3C1C2. The molecular weight excluding hydrogens is 667 g/mol. The maximum Gasteiger partial charge on any atom is 0.416 e. The average molecular weight is 684 g/mol. The zero-order valence-electron chi connectivity index (χ0n) is 21.9. The number of anilines is 1. The van der Waals surface area contributed by atoms with Crippen molar-refractivity contribution in [2.24, 2.45) is 17.8 Å². The van der Waals surface area contributed by atoms with E-state index in [1.165, 1.54) is 12.1 Å². The Balaban J connectivity index is 1.48. The Labute approximate surface area is 251 Å². The molecule has 2 aromatic carbocycles. The molecule has 44 heavy (non-hydrogen) atoms. The summed E-state index contributed by atoms with van der Waals surface area (Å²) < 4.78 is 95.8. The number of carbonyl (C=O) groups excluding carboxylic acids is 4. The molecule has 0 spiro atoms. The number of allylic oxidation sites excluding steroid dienone is 6. The molecule has 1 saturated heterocycles. The second-order valence-corrected chi connectivity index (χ2v) is 11.7. The fraction of sp³-hybridized carbons (Fsp3) is 0.267. The largest absolute Gasteiger partial charge is 0.505 e. The number of nitrogens with zero attached hydrogens (tertiary/aromatic N) is 1. The van der Waals surface area contributed by atoms with Gasteiger partial charge in [0.15, 0.2) is 23.1 Å². The quantitative estimate of drug-likeness (QED) is 0.168. The summed E-state index contributed by atoms with van der Waals surface area (Å²) in [5, 5.41) is 9.73. The molecule has 4 atom stereocenters. The van der Waals surface area contributed by atoms with Gasteiger partial charge in [-0.15, -0.1) is 0 Å². The monoisotopic (exact) mass is 683 g/mol. The van der Waals surface area contributed by atoms with Gasteiger partial charge in [0.25, 0.3) is 0 Å². The molecule has 14 heteroatoms. The van der Waals surface area contributed by atoms with Gasteiger partial charge in [0, 0.05) is 23.1 Å². The minimum absolute atomic E-state index is 0.00515. The van der Waals surface area contributed by atoms with Gasteiger partial charge >= 0.3 is 12.4 Å². The van der Waals surface area contributed by atoms with Crippen LogP contribution in [0.5, 0.6) is 5.75 Å². The maximum atomic E-state index is 14.5. The van der Waals surface area contributed by atoms with Crippen molar-refractivity contribution in [3.05, 3.63) is 92.3 Å². The van der Waals surface area contributed by atoms with Crippen LogP contribution in [0, 0.1) is 23.6 Å². The van der Waals surface area contributed by atoms with E-state index >= 15 is 0 Å². The lowest BCUT2D eigenvalue weighted by Crippen LogP contribution is -2.39. The molecule has 4 unspecified atom stereocenters. The molecule has 0 saturated carbocycles. The van der Waals surface area contributed by atoms with Crippen molar-refractivity contribution in [1.29, 1.82) is 0 Å². The second-order valence-electron chi connectivity index (χ2n) is 10.9. The van der Waals surface area contributed by atoms with E-state index in [2.05, 4.69) is 15.9 Å². The number of ketones is 2. The smallest absolute Gasteiger partial charge is 0.416 e. The number of halogens is 8. The Bertz CT molecular complexity index is 1760. The summed E-state index contributed by atoms with van der Waals surface area (Å²) in [6.45, 7) is 0. The lowest BCUT2D eigenvalue weighted by Gasteiger charge is -2.42. The van der Waals surface area contributed by atoms with E-state index < -0.39 is 87.8 Å². The Morgan fingerprint density at radius 1 is 0.864 bits per heavy atom. The van der Waals surface area contributed by atoms with E-state index in [4.69, 9.17) is 0 Å². The highest BCUT2D eigenvalue weighted by Crippen LogP contribution is 2.56. The van der Waals surface area contributed by atoms with Crippen LogP contribution in [-0.2, 0) is 31.5 Å². The van der Waals surface area contributed by atoms with Crippen molar-refractivity contribution >= 4 is 45.0 Å². The number of benzene rings is 2. The summed E-state index contributed by atoms with van der Waals surface area (Å²) >= 11 is 3.04. The number of imide groups is 1. The Kier molecular flexibility index (Phi) is 6.80. The highest BCUT2D eigenvalue weighted by Gasteiger charge is 2.57. The van der Waals surface area contributed by atoms with Crippen LogP contribution in [-0.4, -0.2) is 28.5 Å². The zero-order valence-corrected chi connectivity index (χ0v) is 23.5. The van der Waals surface area contributed by atoms with Crippen molar-refractivity contribution in [2.45, 2.75) is 31.1 Å². The van der Waals surface area contributed by atoms with Crippen LogP contribution in [0.4, 0.5) is 36.4 Å². The molecule has 3 aliphatic carbocycles. The summed E-state index contributed by atoms with van der Waals surface area (Å²) in [6, 6.07) is 3.80. The number of carbonyl (C=O) groups is 4. The van der Waals surface area contributed by atoms with E-state index in [9.17, 15) is 55.0 Å². The normalized spacial score (nSPS) is 25.5. The Hall–Kier alpha value is -4.07. The lowest BCUT2D eigenvalue weighted by molar-refractivity contribution is -0.143.